The molecule has 0 bridgehead atoms. The number of amides is 1. The highest BCUT2D eigenvalue weighted by Crippen LogP contribution is 2.16. The van der Waals surface area contributed by atoms with Crippen LogP contribution in [0.4, 0.5) is 0 Å². The Balaban J connectivity index is 1.90. The molecular formula is C16H27N3O. The molecule has 1 aromatic rings. The Morgan fingerprint density at radius 1 is 1.30 bits per heavy atom. The molecule has 1 saturated heterocycles. The Morgan fingerprint density at radius 3 is 2.50 bits per heavy atom. The monoisotopic (exact) mass is 277 g/mol. The highest BCUT2D eigenvalue weighted by molar-refractivity contribution is 5.93. The van der Waals surface area contributed by atoms with E-state index in [9.17, 15) is 4.79 Å². The van der Waals surface area contributed by atoms with Gasteiger partial charge in [-0.25, -0.2) is 0 Å². The van der Waals surface area contributed by atoms with E-state index in [-0.39, 0.29) is 11.4 Å². The summed E-state index contributed by atoms with van der Waals surface area (Å²) in [6.07, 6.45) is 6.54. The van der Waals surface area contributed by atoms with Gasteiger partial charge in [-0.2, -0.15) is 0 Å². The van der Waals surface area contributed by atoms with Crippen LogP contribution in [0.5, 0.6) is 0 Å². The average Bonchev–Trinajstić information content (AvgIpc) is 3.04. The number of rotatable bonds is 4. The summed E-state index contributed by atoms with van der Waals surface area (Å²) in [5, 5.41) is 0. The molecule has 4 nitrogen and oxygen atoms in total. The molecular weight excluding hydrogens is 250 g/mol. The summed E-state index contributed by atoms with van der Waals surface area (Å²) in [5.41, 5.74) is 0.802. The molecule has 1 amide bonds. The maximum Gasteiger partial charge on any atom is 0.255 e. The minimum absolute atomic E-state index is 0.0205. The topological polar surface area (TPSA) is 28.5 Å². The Bertz CT molecular complexity index is 453. The van der Waals surface area contributed by atoms with Gasteiger partial charge in [-0.3, -0.25) is 4.79 Å². The van der Waals surface area contributed by atoms with Crippen LogP contribution in [0.1, 0.15) is 44.0 Å². The van der Waals surface area contributed by atoms with Crippen molar-refractivity contribution >= 4 is 5.91 Å². The smallest absolute Gasteiger partial charge is 0.255 e. The maximum atomic E-state index is 12.4. The number of aromatic nitrogens is 1. The molecule has 1 aromatic heterocycles. The van der Waals surface area contributed by atoms with Gasteiger partial charge in [0.25, 0.3) is 5.91 Å². The van der Waals surface area contributed by atoms with Crippen molar-refractivity contribution in [3.8, 4) is 0 Å². The Labute approximate surface area is 122 Å². The van der Waals surface area contributed by atoms with Crippen molar-refractivity contribution in [3.63, 3.8) is 0 Å². The molecule has 0 aromatic carbocycles. The van der Waals surface area contributed by atoms with Crippen LogP contribution in [0, 0.1) is 0 Å². The van der Waals surface area contributed by atoms with Gasteiger partial charge >= 0.3 is 0 Å². The number of likely N-dealkylation sites (N-methyl/N-ethyl adjacent to an activating group) is 1. The van der Waals surface area contributed by atoms with Crippen LogP contribution in [0.3, 0.4) is 0 Å². The van der Waals surface area contributed by atoms with Crippen molar-refractivity contribution in [2.75, 3.05) is 33.2 Å². The van der Waals surface area contributed by atoms with Crippen LogP contribution < -0.4 is 0 Å². The SMILES string of the molecule is CN(CCN1CCCC1)C(=O)c1ccn(C(C)(C)C)c1. The molecule has 0 aliphatic carbocycles. The van der Waals surface area contributed by atoms with Gasteiger partial charge in [0.1, 0.15) is 0 Å². The second-order valence-corrected chi connectivity index (χ2v) is 6.75. The van der Waals surface area contributed by atoms with Gasteiger partial charge in [0.15, 0.2) is 0 Å². The van der Waals surface area contributed by atoms with E-state index in [0.717, 1.165) is 18.7 Å². The summed E-state index contributed by atoms with van der Waals surface area (Å²) in [7, 11) is 1.90. The lowest BCUT2D eigenvalue weighted by Crippen LogP contribution is -2.35. The molecule has 1 aliphatic rings. The Hall–Kier alpha value is -1.29. The van der Waals surface area contributed by atoms with Gasteiger partial charge in [-0.1, -0.05) is 0 Å². The van der Waals surface area contributed by atoms with Gasteiger partial charge in [-0.15, -0.1) is 0 Å². The van der Waals surface area contributed by atoms with Gasteiger partial charge < -0.3 is 14.4 Å². The molecule has 1 aliphatic heterocycles. The predicted molar refractivity (Wildman–Crippen MR) is 82.1 cm³/mol. The summed E-state index contributed by atoms with van der Waals surface area (Å²) in [4.78, 5) is 16.7. The van der Waals surface area contributed by atoms with Crippen LogP contribution in [-0.2, 0) is 5.54 Å². The number of hydrogen-bond acceptors (Lipinski definition) is 2. The average molecular weight is 277 g/mol. The quantitative estimate of drug-likeness (QED) is 0.845. The fraction of sp³-hybridized carbons (Fsp3) is 0.688. The highest BCUT2D eigenvalue weighted by atomic mass is 16.2. The van der Waals surface area contributed by atoms with E-state index in [1.807, 2.05) is 30.4 Å². The zero-order valence-electron chi connectivity index (χ0n) is 13.2. The molecule has 0 atom stereocenters. The largest absolute Gasteiger partial charge is 0.348 e. The van der Waals surface area contributed by atoms with E-state index in [0.29, 0.717) is 0 Å². The van der Waals surface area contributed by atoms with Crippen LogP contribution in [0.2, 0.25) is 0 Å². The van der Waals surface area contributed by atoms with Crippen LogP contribution in [-0.4, -0.2) is 53.5 Å². The van der Waals surface area contributed by atoms with E-state index < -0.39 is 0 Å². The molecule has 2 rings (SSSR count). The molecule has 0 radical (unpaired) electrons. The molecule has 0 N–H and O–H groups in total. The molecule has 0 saturated carbocycles. The number of nitrogens with zero attached hydrogens (tertiary/aromatic N) is 3. The van der Waals surface area contributed by atoms with Crippen LogP contribution in [0.25, 0.3) is 0 Å². The van der Waals surface area contributed by atoms with E-state index in [1.165, 1.54) is 25.9 Å². The Morgan fingerprint density at radius 2 is 1.95 bits per heavy atom. The Kier molecular flexibility index (Phi) is 4.53. The van der Waals surface area contributed by atoms with Gasteiger partial charge in [-0.05, 0) is 52.8 Å². The summed E-state index contributed by atoms with van der Waals surface area (Å²) in [5.74, 6) is 0.118. The second kappa shape index (κ2) is 6.00. The molecule has 112 valence electrons. The van der Waals surface area contributed by atoms with Crippen molar-refractivity contribution in [1.82, 2.24) is 14.4 Å². The summed E-state index contributed by atoms with van der Waals surface area (Å²) in [6.45, 7) is 10.6. The summed E-state index contributed by atoms with van der Waals surface area (Å²) >= 11 is 0. The molecule has 0 spiro atoms. The number of likely N-dealkylation sites (tertiary alicyclic amines) is 1. The van der Waals surface area contributed by atoms with E-state index in [2.05, 4.69) is 30.2 Å². The van der Waals surface area contributed by atoms with E-state index in [4.69, 9.17) is 0 Å². The zero-order valence-corrected chi connectivity index (χ0v) is 13.2. The fourth-order valence-corrected chi connectivity index (χ4v) is 2.56. The normalized spacial score (nSPS) is 16.6. The molecule has 1 fully saturated rings. The zero-order chi connectivity index (χ0) is 14.8. The predicted octanol–water partition coefficient (Wildman–Crippen LogP) is 2.41. The maximum absolute atomic E-state index is 12.4. The lowest BCUT2D eigenvalue weighted by atomic mass is 10.1. The lowest BCUT2D eigenvalue weighted by molar-refractivity contribution is 0.0782. The third kappa shape index (κ3) is 3.63. The first-order valence-corrected chi connectivity index (χ1v) is 7.54. The van der Waals surface area contributed by atoms with Gasteiger partial charge in [0.05, 0.1) is 5.56 Å². The highest BCUT2D eigenvalue weighted by Gasteiger charge is 2.18. The standard InChI is InChI=1S/C16H27N3O/c1-16(2,3)19-10-7-14(13-19)15(20)17(4)11-12-18-8-5-6-9-18/h7,10,13H,5-6,8-9,11-12H2,1-4H3. The van der Waals surface area contributed by atoms with Crippen LogP contribution in [0.15, 0.2) is 18.5 Å². The first-order chi connectivity index (χ1) is 9.38. The van der Waals surface area contributed by atoms with Crippen molar-refractivity contribution in [2.24, 2.45) is 0 Å². The summed E-state index contributed by atoms with van der Waals surface area (Å²) < 4.78 is 2.09. The molecule has 0 unspecified atom stereocenters. The number of carbonyl (C=O) groups is 1. The van der Waals surface area contributed by atoms with Crippen LogP contribution >= 0.6 is 0 Å². The minimum Gasteiger partial charge on any atom is -0.348 e. The third-order valence-electron chi connectivity index (χ3n) is 4.01. The van der Waals surface area contributed by atoms with Gasteiger partial charge in [0, 0.05) is 38.1 Å². The third-order valence-corrected chi connectivity index (χ3v) is 4.01. The van der Waals surface area contributed by atoms with E-state index >= 15 is 0 Å². The van der Waals surface area contributed by atoms with Crippen molar-refractivity contribution < 1.29 is 4.79 Å². The molecule has 20 heavy (non-hydrogen) atoms. The van der Waals surface area contributed by atoms with Gasteiger partial charge in [0.2, 0.25) is 0 Å². The van der Waals surface area contributed by atoms with Crippen molar-refractivity contribution in [1.29, 1.82) is 0 Å². The molecule has 4 heteroatoms. The number of hydrogen-bond donors (Lipinski definition) is 0. The van der Waals surface area contributed by atoms with Crippen molar-refractivity contribution in [3.05, 3.63) is 24.0 Å². The first kappa shape index (κ1) is 15.1. The second-order valence-electron chi connectivity index (χ2n) is 6.75. The lowest BCUT2D eigenvalue weighted by Gasteiger charge is -2.22. The summed E-state index contributed by atoms with van der Waals surface area (Å²) in [6, 6.07) is 1.92. The van der Waals surface area contributed by atoms with Crippen molar-refractivity contribution in [2.45, 2.75) is 39.2 Å². The fourth-order valence-electron chi connectivity index (χ4n) is 2.56. The minimum atomic E-state index is 0.0205. The number of carbonyl (C=O) groups excluding carboxylic acids is 1. The molecule has 2 heterocycles. The van der Waals surface area contributed by atoms with E-state index in [1.54, 1.807) is 0 Å². The first-order valence-electron chi connectivity index (χ1n) is 7.54.